The zero-order valence-corrected chi connectivity index (χ0v) is 30.8. The quantitative estimate of drug-likeness (QED) is 0.164. The molecule has 0 saturated heterocycles. The van der Waals surface area contributed by atoms with Gasteiger partial charge < -0.3 is 35.8 Å². The number of methoxy groups -OCH3 is 1. The molecule has 286 valence electrons. The van der Waals surface area contributed by atoms with Crippen LogP contribution in [-0.2, 0) is 40.3 Å². The molecular formula is C39H48N8O7. The van der Waals surface area contributed by atoms with Crippen molar-refractivity contribution in [2.45, 2.75) is 58.0 Å². The lowest BCUT2D eigenvalue weighted by atomic mass is 10.0. The lowest BCUT2D eigenvalue weighted by molar-refractivity contribution is -0.132. The average molecular weight is 741 g/mol. The van der Waals surface area contributed by atoms with E-state index in [2.05, 4.69) is 31.6 Å². The van der Waals surface area contributed by atoms with Crippen LogP contribution in [0.1, 0.15) is 39.7 Å². The second-order valence-corrected chi connectivity index (χ2v) is 13.2. The predicted octanol–water partition coefficient (Wildman–Crippen LogP) is 1.17. The van der Waals surface area contributed by atoms with Gasteiger partial charge in [0.15, 0.2) is 11.5 Å². The van der Waals surface area contributed by atoms with Crippen molar-refractivity contribution in [3.63, 3.8) is 0 Å². The number of aryl methyl sites for hydroxylation is 1. The molecule has 0 saturated carbocycles. The Morgan fingerprint density at radius 3 is 2.56 bits per heavy atom. The van der Waals surface area contributed by atoms with Crippen molar-refractivity contribution in [2.24, 2.45) is 0 Å². The van der Waals surface area contributed by atoms with Gasteiger partial charge in [0.05, 0.1) is 32.0 Å². The first kappa shape index (κ1) is 39.4. The van der Waals surface area contributed by atoms with Crippen LogP contribution < -0.4 is 30.7 Å². The largest absolute Gasteiger partial charge is 0.493 e. The first-order chi connectivity index (χ1) is 26.1. The third kappa shape index (κ3) is 11.3. The second-order valence-electron chi connectivity index (χ2n) is 13.2. The minimum Gasteiger partial charge on any atom is -0.493 e. The molecule has 54 heavy (non-hydrogen) atoms. The maximum Gasteiger partial charge on any atom is 0.252 e. The Balaban J connectivity index is 1.36. The van der Waals surface area contributed by atoms with E-state index in [1.807, 2.05) is 72.6 Å². The summed E-state index contributed by atoms with van der Waals surface area (Å²) in [6, 6.07) is 19.2. The van der Waals surface area contributed by atoms with Crippen molar-refractivity contribution in [2.75, 3.05) is 39.9 Å². The molecule has 0 spiro atoms. The Bertz CT molecular complexity index is 1880. The highest BCUT2D eigenvalue weighted by molar-refractivity contribution is 5.99. The molecule has 0 radical (unpaired) electrons. The number of carbonyl (C=O) groups excluding carboxylic acids is 4. The summed E-state index contributed by atoms with van der Waals surface area (Å²) in [6.45, 7) is 5.29. The number of hydrogen-bond donors (Lipinski definition) is 5. The van der Waals surface area contributed by atoms with Gasteiger partial charge >= 0.3 is 0 Å². The number of hydrogen-bond acceptors (Lipinski definition) is 10. The summed E-state index contributed by atoms with van der Waals surface area (Å²) in [5, 5.41) is 30.3. The Morgan fingerprint density at radius 1 is 1.02 bits per heavy atom. The predicted molar refractivity (Wildman–Crippen MR) is 200 cm³/mol. The molecular weight excluding hydrogens is 692 g/mol. The summed E-state index contributed by atoms with van der Waals surface area (Å²) in [5.74, 6) is -1.28. The van der Waals surface area contributed by atoms with E-state index in [-0.39, 0.29) is 44.1 Å². The highest BCUT2D eigenvalue weighted by Gasteiger charge is 2.30. The molecule has 1 aromatic heterocycles. The van der Waals surface area contributed by atoms with Crippen molar-refractivity contribution in [3.05, 3.63) is 107 Å². The first-order valence-corrected chi connectivity index (χ1v) is 17.9. The third-order valence-electron chi connectivity index (χ3n) is 9.07. The van der Waals surface area contributed by atoms with Gasteiger partial charge in [0.25, 0.3) is 5.91 Å². The minimum absolute atomic E-state index is 0.0572. The average Bonchev–Trinajstić information content (AvgIpc) is 3.62. The van der Waals surface area contributed by atoms with Gasteiger partial charge in [0.2, 0.25) is 17.7 Å². The fourth-order valence-corrected chi connectivity index (χ4v) is 5.95. The lowest BCUT2D eigenvalue weighted by Gasteiger charge is -2.26. The molecule has 0 fully saturated rings. The minimum atomic E-state index is -1.33. The number of carbonyl (C=O) groups is 4. The molecule has 4 amide bonds. The van der Waals surface area contributed by atoms with Gasteiger partial charge in [-0.15, -0.1) is 5.10 Å². The summed E-state index contributed by atoms with van der Waals surface area (Å²) >= 11 is 0. The number of rotatable bonds is 8. The van der Waals surface area contributed by atoms with Crippen LogP contribution in [0.25, 0.3) is 0 Å². The molecule has 6 rings (SSSR count). The zero-order valence-electron chi connectivity index (χ0n) is 30.8. The Hall–Kier alpha value is -5.80. The van der Waals surface area contributed by atoms with Gasteiger partial charge in [-0.05, 0) is 48.7 Å². The molecule has 0 aliphatic carbocycles. The number of nitrogens with one attached hydrogen (secondary N) is 4. The number of aromatic nitrogens is 3. The van der Waals surface area contributed by atoms with Crippen LogP contribution in [0, 0.1) is 6.92 Å². The Morgan fingerprint density at radius 2 is 1.80 bits per heavy atom. The Labute approximate surface area is 314 Å². The van der Waals surface area contributed by atoms with Crippen LogP contribution in [0.4, 0.5) is 0 Å². The van der Waals surface area contributed by atoms with Gasteiger partial charge in [-0.25, -0.2) is 4.68 Å². The van der Waals surface area contributed by atoms with Crippen molar-refractivity contribution >= 4 is 23.6 Å². The van der Waals surface area contributed by atoms with Gasteiger partial charge in [-0.1, -0.05) is 59.8 Å². The molecule has 0 unspecified atom stereocenters. The summed E-state index contributed by atoms with van der Waals surface area (Å²) in [7, 11) is 1.46. The standard InChI is InChI=1S/C39H48N8O7/c1-26-9-7-8-12-30(26)23-41-35(49)25-46-17-15-31-24-47(45-44-31)19-20-54-33-14-13-29(22-34(33)53-3)37(50)42-32(21-28-10-5-4-6-11-28)38(51)43-36(27(2)48)39(52)40-16-18-46/h4-14,22,24,27,32,36,48H,15-21,23,25H2,1-3H3,(H,40,52)(H,41,49)(H,42,50)(H,43,51)/t27-,32-,36+/m1/s1. The van der Waals surface area contributed by atoms with E-state index in [9.17, 15) is 24.3 Å². The van der Waals surface area contributed by atoms with Crippen molar-refractivity contribution < 1.29 is 33.8 Å². The van der Waals surface area contributed by atoms with Crippen LogP contribution in [0.5, 0.6) is 11.5 Å². The molecule has 5 N–H and O–H groups in total. The summed E-state index contributed by atoms with van der Waals surface area (Å²) in [6.07, 6.45) is 1.14. The summed E-state index contributed by atoms with van der Waals surface area (Å²) < 4.78 is 13.1. The van der Waals surface area contributed by atoms with Crippen LogP contribution in [0.2, 0.25) is 0 Å². The zero-order chi connectivity index (χ0) is 38.5. The van der Waals surface area contributed by atoms with Gasteiger partial charge in [-0.2, -0.15) is 0 Å². The number of benzene rings is 3. The number of ether oxygens (including phenoxy) is 2. The van der Waals surface area contributed by atoms with Crippen molar-refractivity contribution in [1.29, 1.82) is 0 Å². The highest BCUT2D eigenvalue weighted by Crippen LogP contribution is 2.28. The maximum atomic E-state index is 13.8. The van der Waals surface area contributed by atoms with E-state index in [4.69, 9.17) is 9.47 Å². The molecule has 2 aliphatic rings. The SMILES string of the molecule is COc1cc2ccc1OCCn1cc(nn1)CCN(CC(=O)NCc1ccccc1C)CCNC(=O)[C@H]([C@@H](C)O)NC(=O)[C@@H](Cc1ccccc1)NC2=O. The molecule has 15 heteroatoms. The summed E-state index contributed by atoms with van der Waals surface area (Å²) in [5.41, 5.74) is 3.79. The number of aliphatic hydroxyl groups excluding tert-OH is 1. The normalized spacial score (nSPS) is 18.4. The van der Waals surface area contributed by atoms with Crippen LogP contribution in [0.3, 0.4) is 0 Å². The van der Waals surface area contributed by atoms with Crippen LogP contribution in [-0.4, -0.2) is 107 Å². The van der Waals surface area contributed by atoms with Crippen molar-refractivity contribution in [1.82, 2.24) is 41.2 Å². The smallest absolute Gasteiger partial charge is 0.252 e. The van der Waals surface area contributed by atoms with Gasteiger partial charge in [0.1, 0.15) is 18.7 Å². The van der Waals surface area contributed by atoms with Gasteiger partial charge in [0, 0.05) is 50.8 Å². The topological polar surface area (TPSA) is 189 Å². The van der Waals surface area contributed by atoms with E-state index in [0.717, 1.165) is 16.7 Å². The number of aliphatic hydroxyl groups is 1. The molecule has 3 heterocycles. The monoisotopic (exact) mass is 740 g/mol. The van der Waals surface area contributed by atoms with E-state index >= 15 is 0 Å². The number of fused-ring (bicyclic) bond motifs is 16. The number of amides is 4. The molecule has 4 bridgehead atoms. The van der Waals surface area contributed by atoms with Crippen LogP contribution in [0.15, 0.2) is 79.0 Å². The second kappa shape index (κ2) is 19.3. The summed E-state index contributed by atoms with van der Waals surface area (Å²) in [4.78, 5) is 55.7. The number of nitrogens with zero attached hydrogens (tertiary/aromatic N) is 4. The van der Waals surface area contributed by atoms with E-state index in [1.165, 1.54) is 20.1 Å². The molecule has 3 aromatic carbocycles. The van der Waals surface area contributed by atoms with Crippen LogP contribution >= 0.6 is 0 Å². The fraction of sp³-hybridized carbons (Fsp3) is 0.385. The molecule has 2 aliphatic heterocycles. The maximum absolute atomic E-state index is 13.8. The first-order valence-electron chi connectivity index (χ1n) is 17.9. The highest BCUT2D eigenvalue weighted by atomic mass is 16.5. The fourth-order valence-electron chi connectivity index (χ4n) is 5.95. The van der Waals surface area contributed by atoms with E-state index in [1.54, 1.807) is 16.8 Å². The van der Waals surface area contributed by atoms with E-state index < -0.39 is 35.9 Å². The van der Waals surface area contributed by atoms with Crippen molar-refractivity contribution in [3.8, 4) is 11.5 Å². The van der Waals surface area contributed by atoms with E-state index in [0.29, 0.717) is 43.2 Å². The third-order valence-corrected chi connectivity index (χ3v) is 9.07. The molecule has 3 atom stereocenters. The Kier molecular flexibility index (Phi) is 14.1. The molecule has 15 nitrogen and oxygen atoms in total. The molecule has 4 aromatic rings. The van der Waals surface area contributed by atoms with Gasteiger partial charge in [-0.3, -0.25) is 24.1 Å². The lowest BCUT2D eigenvalue weighted by Crippen LogP contribution is -2.58.